The molecule has 0 bridgehead atoms. The number of benzene rings is 2. The van der Waals surface area contributed by atoms with Gasteiger partial charge in [0.15, 0.2) is 0 Å². The topological polar surface area (TPSA) is 43.6 Å². The number of fused-ring (bicyclic) bond motifs is 1. The Kier molecular flexibility index (Phi) is 3.52. The average Bonchev–Trinajstić information content (AvgIpc) is 3.05. The lowest BCUT2D eigenvalue weighted by Gasteiger charge is -2.05. The quantitative estimate of drug-likeness (QED) is 0.531. The zero-order valence-corrected chi connectivity index (χ0v) is 13.0. The molecule has 0 fully saturated rings. The highest BCUT2D eigenvalue weighted by molar-refractivity contribution is 6.30. The normalized spacial score (nSPS) is 11.0. The van der Waals surface area contributed by atoms with E-state index in [2.05, 4.69) is 21.4 Å². The predicted molar refractivity (Wildman–Crippen MR) is 91.3 cm³/mol. The highest BCUT2D eigenvalue weighted by Gasteiger charge is 2.08. The van der Waals surface area contributed by atoms with Gasteiger partial charge in [-0.2, -0.15) is 0 Å². The van der Waals surface area contributed by atoms with E-state index in [0.29, 0.717) is 11.7 Å². The molecular weight excluding hydrogens is 308 g/mol. The van der Waals surface area contributed by atoms with Gasteiger partial charge in [-0.05, 0) is 12.1 Å². The SMILES string of the molecule is Clc1nc2ccccc2cc1Cn1cc(-c2ccccc2)nn1. The van der Waals surface area contributed by atoms with Crippen LogP contribution < -0.4 is 0 Å². The highest BCUT2D eigenvalue weighted by atomic mass is 35.5. The Morgan fingerprint density at radius 1 is 0.957 bits per heavy atom. The monoisotopic (exact) mass is 320 g/mol. The number of pyridine rings is 1. The first-order valence-electron chi connectivity index (χ1n) is 7.29. The van der Waals surface area contributed by atoms with E-state index in [9.17, 15) is 0 Å². The van der Waals surface area contributed by atoms with E-state index in [4.69, 9.17) is 11.6 Å². The van der Waals surface area contributed by atoms with Crippen LogP contribution in [0.4, 0.5) is 0 Å². The van der Waals surface area contributed by atoms with Crippen LogP contribution >= 0.6 is 11.6 Å². The number of hydrogen-bond acceptors (Lipinski definition) is 3. The number of para-hydroxylation sites is 1. The molecule has 0 saturated carbocycles. The van der Waals surface area contributed by atoms with Crippen molar-refractivity contribution in [2.24, 2.45) is 0 Å². The fraction of sp³-hybridized carbons (Fsp3) is 0.0556. The summed E-state index contributed by atoms with van der Waals surface area (Å²) in [5, 5.41) is 9.98. The number of halogens is 1. The second-order valence-electron chi connectivity index (χ2n) is 5.30. The van der Waals surface area contributed by atoms with Crippen molar-refractivity contribution >= 4 is 22.5 Å². The van der Waals surface area contributed by atoms with Crippen LogP contribution in [-0.2, 0) is 6.54 Å². The van der Waals surface area contributed by atoms with Gasteiger partial charge in [0.1, 0.15) is 10.8 Å². The van der Waals surface area contributed by atoms with E-state index in [1.165, 1.54) is 0 Å². The lowest BCUT2D eigenvalue weighted by Crippen LogP contribution is -2.02. The molecule has 0 unspecified atom stereocenters. The molecule has 0 aliphatic rings. The van der Waals surface area contributed by atoms with Gasteiger partial charge in [0.25, 0.3) is 0 Å². The maximum atomic E-state index is 6.30. The minimum atomic E-state index is 0.500. The van der Waals surface area contributed by atoms with E-state index in [1.54, 1.807) is 4.68 Å². The minimum Gasteiger partial charge on any atom is -0.247 e. The van der Waals surface area contributed by atoms with Crippen molar-refractivity contribution in [1.29, 1.82) is 0 Å². The summed E-state index contributed by atoms with van der Waals surface area (Å²) < 4.78 is 1.78. The molecule has 4 nitrogen and oxygen atoms in total. The molecule has 0 radical (unpaired) electrons. The van der Waals surface area contributed by atoms with Gasteiger partial charge in [0.2, 0.25) is 0 Å². The fourth-order valence-corrected chi connectivity index (χ4v) is 2.74. The molecule has 0 aliphatic carbocycles. The van der Waals surface area contributed by atoms with Crippen molar-refractivity contribution in [3.63, 3.8) is 0 Å². The molecule has 0 aliphatic heterocycles. The molecule has 2 aromatic heterocycles. The van der Waals surface area contributed by atoms with Gasteiger partial charge in [0, 0.05) is 16.5 Å². The number of aromatic nitrogens is 4. The van der Waals surface area contributed by atoms with Gasteiger partial charge in [-0.3, -0.25) is 0 Å². The third-order valence-electron chi connectivity index (χ3n) is 3.69. The average molecular weight is 321 g/mol. The second kappa shape index (κ2) is 5.82. The van der Waals surface area contributed by atoms with Crippen molar-refractivity contribution in [3.05, 3.63) is 77.6 Å². The summed E-state index contributed by atoms with van der Waals surface area (Å²) in [5.41, 5.74) is 3.71. The van der Waals surface area contributed by atoms with E-state index >= 15 is 0 Å². The van der Waals surface area contributed by atoms with E-state index < -0.39 is 0 Å². The van der Waals surface area contributed by atoms with Crippen molar-refractivity contribution in [1.82, 2.24) is 20.0 Å². The summed E-state index contributed by atoms with van der Waals surface area (Å²) >= 11 is 6.30. The van der Waals surface area contributed by atoms with Crippen LogP contribution in [-0.4, -0.2) is 20.0 Å². The first kappa shape index (κ1) is 13.9. The lowest BCUT2D eigenvalue weighted by molar-refractivity contribution is 0.649. The third kappa shape index (κ3) is 2.81. The number of hydrogen-bond donors (Lipinski definition) is 0. The molecule has 112 valence electrons. The minimum absolute atomic E-state index is 0.500. The molecular formula is C18H13ClN4. The lowest BCUT2D eigenvalue weighted by atomic mass is 10.1. The molecule has 2 heterocycles. The van der Waals surface area contributed by atoms with Crippen molar-refractivity contribution < 1.29 is 0 Å². The Morgan fingerprint density at radius 3 is 2.61 bits per heavy atom. The Hall–Kier alpha value is -2.72. The summed E-state index contributed by atoms with van der Waals surface area (Å²) in [7, 11) is 0. The number of rotatable bonds is 3. The van der Waals surface area contributed by atoms with Crippen LogP contribution in [0.1, 0.15) is 5.56 Å². The van der Waals surface area contributed by atoms with Crippen molar-refractivity contribution in [2.75, 3.05) is 0 Å². The van der Waals surface area contributed by atoms with Gasteiger partial charge in [-0.25, -0.2) is 9.67 Å². The van der Waals surface area contributed by atoms with Crippen LogP contribution in [0, 0.1) is 0 Å². The summed E-state index contributed by atoms with van der Waals surface area (Å²) in [6, 6.07) is 19.9. The van der Waals surface area contributed by atoms with E-state index in [0.717, 1.165) is 27.7 Å². The van der Waals surface area contributed by atoms with Crippen LogP contribution in [0.15, 0.2) is 66.9 Å². The largest absolute Gasteiger partial charge is 0.247 e. The third-order valence-corrected chi connectivity index (χ3v) is 4.02. The maximum absolute atomic E-state index is 6.30. The molecule has 4 rings (SSSR count). The first-order valence-corrected chi connectivity index (χ1v) is 7.67. The molecule has 23 heavy (non-hydrogen) atoms. The molecule has 0 amide bonds. The smallest absolute Gasteiger partial charge is 0.134 e. The van der Waals surface area contributed by atoms with Crippen LogP contribution in [0.25, 0.3) is 22.2 Å². The standard InChI is InChI=1S/C18H13ClN4/c19-18-15(10-14-8-4-5-9-16(14)20-18)11-23-12-17(21-22-23)13-6-2-1-3-7-13/h1-10,12H,11H2. The molecule has 2 aromatic carbocycles. The summed E-state index contributed by atoms with van der Waals surface area (Å²) in [5.74, 6) is 0. The van der Waals surface area contributed by atoms with Crippen molar-refractivity contribution in [2.45, 2.75) is 6.54 Å². The van der Waals surface area contributed by atoms with Crippen molar-refractivity contribution in [3.8, 4) is 11.3 Å². The Morgan fingerprint density at radius 2 is 1.74 bits per heavy atom. The van der Waals surface area contributed by atoms with E-state index in [-0.39, 0.29) is 0 Å². The molecule has 5 heteroatoms. The van der Waals surface area contributed by atoms with Gasteiger partial charge < -0.3 is 0 Å². The zero-order valence-electron chi connectivity index (χ0n) is 12.2. The van der Waals surface area contributed by atoms with Gasteiger partial charge >= 0.3 is 0 Å². The summed E-state index contributed by atoms with van der Waals surface area (Å²) in [6.07, 6.45) is 1.92. The molecule has 0 atom stereocenters. The Bertz CT molecular complexity index is 963. The fourth-order valence-electron chi connectivity index (χ4n) is 2.54. The molecule has 4 aromatic rings. The van der Waals surface area contributed by atoms with Crippen LogP contribution in [0.2, 0.25) is 5.15 Å². The van der Waals surface area contributed by atoms with Gasteiger partial charge in [-0.1, -0.05) is 65.3 Å². The number of nitrogens with zero attached hydrogens (tertiary/aromatic N) is 4. The van der Waals surface area contributed by atoms with Gasteiger partial charge in [0.05, 0.1) is 18.3 Å². The van der Waals surface area contributed by atoms with Crippen LogP contribution in [0.3, 0.4) is 0 Å². The Labute approximate surface area is 138 Å². The second-order valence-corrected chi connectivity index (χ2v) is 5.66. The molecule has 0 N–H and O–H groups in total. The zero-order chi connectivity index (χ0) is 15.6. The highest BCUT2D eigenvalue weighted by Crippen LogP contribution is 2.22. The van der Waals surface area contributed by atoms with E-state index in [1.807, 2.05) is 60.8 Å². The van der Waals surface area contributed by atoms with Crippen LogP contribution in [0.5, 0.6) is 0 Å². The summed E-state index contributed by atoms with van der Waals surface area (Å²) in [6.45, 7) is 0.538. The molecule has 0 spiro atoms. The predicted octanol–water partition coefficient (Wildman–Crippen LogP) is 4.20. The Balaban J connectivity index is 1.66. The molecule has 0 saturated heterocycles. The maximum Gasteiger partial charge on any atom is 0.134 e. The van der Waals surface area contributed by atoms with Gasteiger partial charge in [-0.15, -0.1) is 5.10 Å². The summed E-state index contributed by atoms with van der Waals surface area (Å²) in [4.78, 5) is 4.44. The first-order chi connectivity index (χ1) is 11.3.